The van der Waals surface area contributed by atoms with Crippen molar-refractivity contribution in [2.45, 2.75) is 6.61 Å². The second kappa shape index (κ2) is 4.93. The van der Waals surface area contributed by atoms with Gasteiger partial charge in [0.25, 0.3) is 0 Å². The summed E-state index contributed by atoms with van der Waals surface area (Å²) in [5.41, 5.74) is 1.55. The molecule has 1 aromatic carbocycles. The van der Waals surface area contributed by atoms with E-state index in [0.29, 0.717) is 0 Å². The third-order valence-corrected chi connectivity index (χ3v) is 2.34. The van der Waals surface area contributed by atoms with Crippen molar-refractivity contribution in [2.75, 3.05) is 0 Å². The summed E-state index contributed by atoms with van der Waals surface area (Å²) in [4.78, 5) is 10.3. The van der Waals surface area contributed by atoms with Crippen molar-refractivity contribution in [3.8, 4) is 0 Å². The van der Waals surface area contributed by atoms with Crippen molar-refractivity contribution in [2.24, 2.45) is 0 Å². The molecule has 0 bridgehead atoms. The summed E-state index contributed by atoms with van der Waals surface area (Å²) in [5, 5.41) is 17.3. The number of benzene rings is 1. The van der Waals surface area contributed by atoms with Crippen molar-refractivity contribution in [1.82, 2.24) is 0 Å². The van der Waals surface area contributed by atoms with Gasteiger partial charge < -0.3 is 10.2 Å². The van der Waals surface area contributed by atoms with Crippen molar-refractivity contribution in [3.63, 3.8) is 0 Å². The lowest BCUT2D eigenvalue weighted by molar-refractivity contribution is -0.131. The van der Waals surface area contributed by atoms with Gasteiger partial charge in [0.05, 0.1) is 6.61 Å². The third-order valence-electron chi connectivity index (χ3n) is 1.65. The van der Waals surface area contributed by atoms with Crippen LogP contribution in [-0.2, 0) is 11.4 Å². The summed E-state index contributed by atoms with van der Waals surface area (Å²) < 4.78 is 0.765. The van der Waals surface area contributed by atoms with Gasteiger partial charge in [-0.05, 0) is 23.3 Å². The molecule has 1 aromatic rings. The summed E-state index contributed by atoms with van der Waals surface area (Å²) in [6.45, 7) is -0.0263. The van der Waals surface area contributed by atoms with Gasteiger partial charge in [0.1, 0.15) is 0 Å². The number of aliphatic hydroxyl groups excluding tert-OH is 1. The first-order valence-electron chi connectivity index (χ1n) is 3.94. The summed E-state index contributed by atoms with van der Waals surface area (Å²) in [7, 11) is 0. The molecule has 0 atom stereocenters. The Morgan fingerprint density at radius 2 is 2.21 bits per heavy atom. The van der Waals surface area contributed by atoms with Crippen LogP contribution in [0.2, 0.25) is 0 Å². The van der Waals surface area contributed by atoms with Gasteiger partial charge in [-0.2, -0.15) is 0 Å². The van der Waals surface area contributed by atoms with Gasteiger partial charge in [-0.25, -0.2) is 4.79 Å². The maximum absolute atomic E-state index is 10.3. The molecule has 0 aliphatic heterocycles. The molecule has 0 fully saturated rings. The number of carbonyl (C=O) groups is 1. The minimum Gasteiger partial charge on any atom is -0.478 e. The van der Waals surface area contributed by atoms with Crippen LogP contribution in [0.3, 0.4) is 0 Å². The quantitative estimate of drug-likeness (QED) is 0.814. The molecule has 3 nitrogen and oxygen atoms in total. The van der Waals surface area contributed by atoms with E-state index < -0.39 is 5.97 Å². The number of halogens is 1. The van der Waals surface area contributed by atoms with Gasteiger partial charge in [-0.15, -0.1) is 0 Å². The molecule has 0 aliphatic carbocycles. The number of hydrogen-bond acceptors (Lipinski definition) is 2. The molecule has 74 valence electrons. The Bertz CT molecular complexity index is 372. The van der Waals surface area contributed by atoms with E-state index in [1.165, 1.54) is 6.08 Å². The largest absolute Gasteiger partial charge is 0.478 e. The van der Waals surface area contributed by atoms with Crippen LogP contribution in [0.1, 0.15) is 11.1 Å². The minimum atomic E-state index is -0.983. The molecule has 0 saturated carbocycles. The van der Waals surface area contributed by atoms with E-state index in [9.17, 15) is 4.79 Å². The zero-order valence-corrected chi connectivity index (χ0v) is 8.86. The number of hydrogen-bond donors (Lipinski definition) is 2. The normalized spacial score (nSPS) is 10.7. The second-order valence-electron chi connectivity index (χ2n) is 2.69. The van der Waals surface area contributed by atoms with E-state index in [-0.39, 0.29) is 6.61 Å². The monoisotopic (exact) mass is 256 g/mol. The fourth-order valence-electron chi connectivity index (χ4n) is 0.965. The molecule has 0 aromatic heterocycles. The molecule has 0 saturated heterocycles. The zero-order chi connectivity index (χ0) is 10.6. The molecule has 1 rings (SSSR count). The highest BCUT2D eigenvalue weighted by Crippen LogP contribution is 2.19. The highest BCUT2D eigenvalue weighted by molar-refractivity contribution is 9.10. The molecule has 0 radical (unpaired) electrons. The Balaban J connectivity index is 2.94. The lowest BCUT2D eigenvalue weighted by atomic mass is 10.1. The molecular formula is C10H9BrO3. The third kappa shape index (κ3) is 2.97. The van der Waals surface area contributed by atoms with Crippen LogP contribution < -0.4 is 0 Å². The van der Waals surface area contributed by atoms with Crippen LogP contribution in [0.5, 0.6) is 0 Å². The maximum Gasteiger partial charge on any atom is 0.328 e. The zero-order valence-electron chi connectivity index (χ0n) is 7.27. The summed E-state index contributed by atoms with van der Waals surface area (Å²) in [6, 6.07) is 5.24. The van der Waals surface area contributed by atoms with Crippen LogP contribution in [0.15, 0.2) is 28.7 Å². The van der Waals surface area contributed by atoms with Crippen molar-refractivity contribution >= 4 is 28.0 Å². The van der Waals surface area contributed by atoms with Crippen LogP contribution in [-0.4, -0.2) is 16.2 Å². The molecule has 0 aliphatic rings. The summed E-state index contributed by atoms with van der Waals surface area (Å²) in [6.07, 6.45) is 2.56. The lowest BCUT2D eigenvalue weighted by Gasteiger charge is -2.00. The number of aliphatic carboxylic acids is 1. The van der Waals surface area contributed by atoms with Gasteiger partial charge in [0.15, 0.2) is 0 Å². The Hall–Kier alpha value is -1.13. The van der Waals surface area contributed by atoms with Crippen LogP contribution in [0, 0.1) is 0 Å². The highest BCUT2D eigenvalue weighted by atomic mass is 79.9. The van der Waals surface area contributed by atoms with E-state index in [2.05, 4.69) is 15.9 Å². The minimum absolute atomic E-state index is 0.0263. The molecule has 0 spiro atoms. The van der Waals surface area contributed by atoms with E-state index >= 15 is 0 Å². The van der Waals surface area contributed by atoms with Crippen LogP contribution in [0.25, 0.3) is 6.08 Å². The number of carboxylic acid groups (broad SMARTS) is 1. The Kier molecular flexibility index (Phi) is 3.85. The highest BCUT2D eigenvalue weighted by Gasteiger charge is 1.98. The standard InChI is InChI=1S/C10H9BrO3/c11-9-5-7(6-12)1-2-8(9)3-4-10(13)14/h1-5,12H,6H2,(H,13,14). The average molecular weight is 257 g/mol. The number of aliphatic hydroxyl groups is 1. The van der Waals surface area contributed by atoms with Gasteiger partial charge in [0, 0.05) is 10.5 Å². The van der Waals surface area contributed by atoms with Gasteiger partial charge in [0.2, 0.25) is 0 Å². The molecule has 4 heteroatoms. The fourth-order valence-corrected chi connectivity index (χ4v) is 1.52. The first-order chi connectivity index (χ1) is 6.63. The Morgan fingerprint density at radius 3 is 2.71 bits per heavy atom. The SMILES string of the molecule is O=C(O)C=Cc1ccc(CO)cc1Br. The molecule has 0 unspecified atom stereocenters. The number of rotatable bonds is 3. The number of carboxylic acids is 1. The second-order valence-corrected chi connectivity index (χ2v) is 3.54. The predicted molar refractivity (Wildman–Crippen MR) is 56.7 cm³/mol. The van der Waals surface area contributed by atoms with Crippen LogP contribution >= 0.6 is 15.9 Å². The van der Waals surface area contributed by atoms with E-state index in [0.717, 1.165) is 21.7 Å². The predicted octanol–water partition coefficient (Wildman–Crippen LogP) is 2.04. The smallest absolute Gasteiger partial charge is 0.328 e. The summed E-state index contributed by atoms with van der Waals surface area (Å²) in [5.74, 6) is -0.983. The van der Waals surface area contributed by atoms with Gasteiger partial charge in [-0.3, -0.25) is 0 Å². The van der Waals surface area contributed by atoms with Crippen molar-refractivity contribution in [3.05, 3.63) is 39.9 Å². The molecule has 14 heavy (non-hydrogen) atoms. The first kappa shape index (κ1) is 10.9. The Labute approximate surface area is 89.8 Å². The molecule has 0 amide bonds. The van der Waals surface area contributed by atoms with Crippen LogP contribution in [0.4, 0.5) is 0 Å². The van der Waals surface area contributed by atoms with Gasteiger partial charge >= 0.3 is 5.97 Å². The van der Waals surface area contributed by atoms with E-state index in [1.54, 1.807) is 18.2 Å². The van der Waals surface area contributed by atoms with E-state index in [1.807, 2.05) is 0 Å². The Morgan fingerprint density at radius 1 is 1.50 bits per heavy atom. The van der Waals surface area contributed by atoms with E-state index in [4.69, 9.17) is 10.2 Å². The van der Waals surface area contributed by atoms with Crippen molar-refractivity contribution in [1.29, 1.82) is 0 Å². The van der Waals surface area contributed by atoms with Crippen molar-refractivity contribution < 1.29 is 15.0 Å². The molecule has 0 heterocycles. The van der Waals surface area contributed by atoms with Gasteiger partial charge in [-0.1, -0.05) is 28.1 Å². The first-order valence-corrected chi connectivity index (χ1v) is 4.73. The lowest BCUT2D eigenvalue weighted by Crippen LogP contribution is -1.87. The average Bonchev–Trinajstić information content (AvgIpc) is 2.15. The molecule has 2 N–H and O–H groups in total. The summed E-state index contributed by atoms with van der Waals surface area (Å²) >= 11 is 3.28. The molecular weight excluding hydrogens is 248 g/mol. The fraction of sp³-hybridized carbons (Fsp3) is 0.100. The maximum atomic E-state index is 10.3. The topological polar surface area (TPSA) is 57.5 Å².